The Hall–Kier alpha value is 0.292. The number of rotatable bonds is 5. The molecular weight excluding hydrogens is 223 g/mol. The van der Waals surface area contributed by atoms with Gasteiger partial charge in [-0.3, -0.25) is 0 Å². The standard InChI is InChI=1S/C10H28B3N3Si/c1-7-12-14(9-3)11(5)15(10-4)13(8-2)16(12)17-6/h7-10,17H2,1-6H3. The lowest BCUT2D eigenvalue weighted by molar-refractivity contribution is 0.505. The van der Waals surface area contributed by atoms with Crippen LogP contribution in [0.15, 0.2) is 0 Å². The molecule has 1 saturated heterocycles. The van der Waals surface area contributed by atoms with Gasteiger partial charge in [-0.25, -0.2) is 0 Å². The van der Waals surface area contributed by atoms with Gasteiger partial charge in [-0.1, -0.05) is 41.1 Å². The molecule has 1 heterocycles. The lowest BCUT2D eigenvalue weighted by Crippen LogP contribution is -2.76. The van der Waals surface area contributed by atoms with E-state index in [9.17, 15) is 0 Å². The van der Waals surface area contributed by atoms with Gasteiger partial charge in [0.05, 0.1) is 9.68 Å². The molecule has 0 aliphatic carbocycles. The van der Waals surface area contributed by atoms with Gasteiger partial charge in [0.25, 0.3) is 20.9 Å². The monoisotopic (exact) mass is 251 g/mol. The van der Waals surface area contributed by atoms with Crippen molar-refractivity contribution >= 4 is 30.6 Å². The molecule has 0 aromatic carbocycles. The maximum Gasteiger partial charge on any atom is 0.286 e. The molecule has 0 bridgehead atoms. The Labute approximate surface area is 112 Å². The summed E-state index contributed by atoms with van der Waals surface area (Å²) in [6.45, 7) is 18.4. The maximum absolute atomic E-state index is 2.81. The van der Waals surface area contributed by atoms with E-state index in [4.69, 9.17) is 0 Å². The lowest BCUT2D eigenvalue weighted by atomic mass is 9.44. The van der Waals surface area contributed by atoms with Crippen LogP contribution in [0.1, 0.15) is 27.7 Å². The normalized spacial score (nSPS) is 21.2. The molecule has 0 spiro atoms. The van der Waals surface area contributed by atoms with Gasteiger partial charge in [-0.05, 0) is 25.7 Å². The van der Waals surface area contributed by atoms with Gasteiger partial charge in [0, 0.05) is 0 Å². The number of hydrogen-bond acceptors (Lipinski definition) is 3. The van der Waals surface area contributed by atoms with E-state index in [-0.39, 0.29) is 9.68 Å². The zero-order chi connectivity index (χ0) is 13.0. The van der Waals surface area contributed by atoms with Crippen LogP contribution >= 0.6 is 0 Å². The first-order valence-electron chi connectivity index (χ1n) is 7.43. The fourth-order valence-corrected chi connectivity index (χ4v) is 5.36. The highest BCUT2D eigenvalue weighted by Crippen LogP contribution is 2.22. The van der Waals surface area contributed by atoms with Crippen molar-refractivity contribution in [3.8, 4) is 0 Å². The summed E-state index contributed by atoms with van der Waals surface area (Å²) in [5.41, 5.74) is 0. The van der Waals surface area contributed by atoms with Crippen molar-refractivity contribution in [2.75, 3.05) is 13.1 Å². The molecule has 0 aromatic heterocycles. The lowest BCUT2D eigenvalue weighted by Gasteiger charge is -2.53. The van der Waals surface area contributed by atoms with Crippen LogP contribution in [0.25, 0.3) is 0 Å². The zero-order valence-corrected chi connectivity index (χ0v) is 14.0. The van der Waals surface area contributed by atoms with E-state index < -0.39 is 0 Å². The van der Waals surface area contributed by atoms with Gasteiger partial charge in [0.2, 0.25) is 0 Å². The summed E-state index contributed by atoms with van der Waals surface area (Å²) in [6.07, 6.45) is 2.51. The third-order valence-corrected chi connectivity index (χ3v) is 5.89. The summed E-state index contributed by atoms with van der Waals surface area (Å²) in [6, 6.07) is 0. The van der Waals surface area contributed by atoms with Gasteiger partial charge >= 0.3 is 0 Å². The van der Waals surface area contributed by atoms with Crippen LogP contribution in [0.3, 0.4) is 0 Å². The maximum atomic E-state index is 2.81. The fourth-order valence-electron chi connectivity index (χ4n) is 3.58. The van der Waals surface area contributed by atoms with Crippen LogP contribution in [0.5, 0.6) is 0 Å². The largest absolute Gasteiger partial charge is 0.385 e. The van der Waals surface area contributed by atoms with Crippen molar-refractivity contribution < 1.29 is 0 Å². The Morgan fingerprint density at radius 3 is 1.53 bits per heavy atom. The van der Waals surface area contributed by atoms with Crippen molar-refractivity contribution in [2.45, 2.75) is 53.7 Å². The summed E-state index contributed by atoms with van der Waals surface area (Å²) in [4.78, 5) is 0. The van der Waals surface area contributed by atoms with E-state index in [1.54, 1.807) is 0 Å². The highest BCUT2D eigenvalue weighted by molar-refractivity contribution is 6.90. The second-order valence-corrected chi connectivity index (χ2v) is 6.26. The van der Waals surface area contributed by atoms with Gasteiger partial charge in [-0.2, -0.15) is 0 Å². The van der Waals surface area contributed by atoms with Crippen molar-refractivity contribution in [1.29, 1.82) is 0 Å². The van der Waals surface area contributed by atoms with Crippen LogP contribution in [0, 0.1) is 0 Å². The average Bonchev–Trinajstić information content (AvgIpc) is 2.36. The molecule has 3 nitrogen and oxygen atoms in total. The predicted molar refractivity (Wildman–Crippen MR) is 85.1 cm³/mol. The Balaban J connectivity index is 2.99. The highest BCUT2D eigenvalue weighted by Gasteiger charge is 2.46. The highest BCUT2D eigenvalue weighted by atomic mass is 28.2. The second-order valence-electron chi connectivity index (χ2n) is 4.90. The summed E-state index contributed by atoms with van der Waals surface area (Å²) in [7, 11) is -0.104. The fraction of sp³-hybridized carbons (Fsp3) is 1.00. The van der Waals surface area contributed by atoms with Crippen molar-refractivity contribution in [1.82, 2.24) is 13.8 Å². The Bertz CT molecular complexity index is 215. The molecule has 0 N–H and O–H groups in total. The molecule has 0 amide bonds. The molecule has 96 valence electrons. The Morgan fingerprint density at radius 1 is 0.882 bits per heavy atom. The van der Waals surface area contributed by atoms with E-state index in [1.165, 1.54) is 12.6 Å². The smallest absolute Gasteiger partial charge is 0.286 e. The summed E-state index contributed by atoms with van der Waals surface area (Å²) < 4.78 is 8.16. The van der Waals surface area contributed by atoms with Crippen LogP contribution in [-0.4, -0.2) is 57.5 Å². The Kier molecular flexibility index (Phi) is 6.34. The minimum Gasteiger partial charge on any atom is -0.385 e. The molecule has 0 atom stereocenters. The molecule has 0 radical (unpaired) electrons. The summed E-state index contributed by atoms with van der Waals surface area (Å²) in [5, 5.41) is 0. The SMILES string of the molecule is CCB1N(CC)B(C)N(CC)B(CC)N1[SiH2]C. The minimum absolute atomic E-state index is 0.104. The van der Waals surface area contributed by atoms with E-state index in [0.29, 0.717) is 20.9 Å². The molecule has 1 fully saturated rings. The number of nitrogens with zero attached hydrogens (tertiary/aromatic N) is 3. The van der Waals surface area contributed by atoms with Gasteiger partial charge in [0.1, 0.15) is 0 Å². The topological polar surface area (TPSA) is 9.72 Å². The molecule has 1 aliphatic rings. The van der Waals surface area contributed by atoms with E-state index in [2.05, 4.69) is 54.9 Å². The Morgan fingerprint density at radius 2 is 1.29 bits per heavy atom. The van der Waals surface area contributed by atoms with E-state index in [0.717, 1.165) is 13.1 Å². The first-order valence-corrected chi connectivity index (χ1v) is 9.47. The zero-order valence-electron chi connectivity index (χ0n) is 12.6. The minimum atomic E-state index is -0.104. The van der Waals surface area contributed by atoms with Crippen LogP contribution in [0.4, 0.5) is 0 Å². The van der Waals surface area contributed by atoms with Crippen LogP contribution < -0.4 is 0 Å². The molecule has 17 heavy (non-hydrogen) atoms. The third kappa shape index (κ3) is 2.83. The van der Waals surface area contributed by atoms with Crippen LogP contribution in [0.2, 0.25) is 26.0 Å². The summed E-state index contributed by atoms with van der Waals surface area (Å²) in [5.74, 6) is 0. The molecule has 0 unspecified atom stereocenters. The molecule has 7 heteroatoms. The molecule has 0 aromatic rings. The van der Waals surface area contributed by atoms with Crippen molar-refractivity contribution in [3.63, 3.8) is 0 Å². The van der Waals surface area contributed by atoms with Gasteiger partial charge in [-0.15, -0.1) is 0 Å². The quantitative estimate of drug-likeness (QED) is 0.680. The van der Waals surface area contributed by atoms with Gasteiger partial charge in [0.15, 0.2) is 0 Å². The molecular formula is C10H28B3N3Si. The first kappa shape index (κ1) is 15.3. The molecule has 1 aliphatic heterocycles. The van der Waals surface area contributed by atoms with Crippen molar-refractivity contribution in [2.24, 2.45) is 0 Å². The van der Waals surface area contributed by atoms with E-state index in [1.807, 2.05) is 0 Å². The number of hydrogen-bond donors (Lipinski definition) is 0. The second kappa shape index (κ2) is 7.02. The predicted octanol–water partition coefficient (Wildman–Crippen LogP) is 1.21. The average molecular weight is 251 g/mol. The van der Waals surface area contributed by atoms with Crippen molar-refractivity contribution in [3.05, 3.63) is 0 Å². The third-order valence-electron chi connectivity index (χ3n) is 4.32. The molecule has 0 saturated carbocycles. The van der Waals surface area contributed by atoms with Gasteiger partial charge < -0.3 is 13.8 Å². The molecule has 1 rings (SSSR count). The summed E-state index contributed by atoms with van der Waals surface area (Å²) >= 11 is 0. The van der Waals surface area contributed by atoms with E-state index >= 15 is 0 Å². The first-order chi connectivity index (χ1) is 8.15. The van der Waals surface area contributed by atoms with Crippen LogP contribution in [-0.2, 0) is 0 Å².